The van der Waals surface area contributed by atoms with Gasteiger partial charge in [0.1, 0.15) is 0 Å². The summed E-state index contributed by atoms with van der Waals surface area (Å²) in [6, 6.07) is 17.5. The molecule has 2 rings (SSSR count). The molecule has 3 heteroatoms. The SMILES string of the molecule is CC(N[C@H](C)c1cccc(Br)c1)c1cccc(Br)c1. The molecule has 0 aromatic heterocycles. The van der Waals surface area contributed by atoms with Crippen molar-refractivity contribution in [2.24, 2.45) is 0 Å². The first kappa shape index (κ1) is 14.8. The summed E-state index contributed by atoms with van der Waals surface area (Å²) >= 11 is 7.03. The molecule has 0 amide bonds. The lowest BCUT2D eigenvalue weighted by Crippen LogP contribution is -2.22. The molecule has 1 unspecified atom stereocenters. The zero-order valence-electron chi connectivity index (χ0n) is 11.0. The van der Waals surface area contributed by atoms with E-state index in [1.807, 2.05) is 12.1 Å². The Morgan fingerprint density at radius 3 is 1.58 bits per heavy atom. The number of rotatable bonds is 4. The van der Waals surface area contributed by atoms with E-state index in [1.165, 1.54) is 11.1 Å². The largest absolute Gasteiger partial charge is 0.304 e. The molecular weight excluding hydrogens is 366 g/mol. The van der Waals surface area contributed by atoms with E-state index in [1.54, 1.807) is 0 Å². The van der Waals surface area contributed by atoms with E-state index >= 15 is 0 Å². The van der Waals surface area contributed by atoms with Gasteiger partial charge in [-0.1, -0.05) is 56.1 Å². The Bertz CT molecular complexity index is 504. The second-order valence-corrected chi connectivity index (χ2v) is 6.55. The molecule has 0 aliphatic rings. The second-order valence-electron chi connectivity index (χ2n) is 4.72. The van der Waals surface area contributed by atoms with Crippen molar-refractivity contribution in [3.05, 3.63) is 68.6 Å². The van der Waals surface area contributed by atoms with Crippen LogP contribution in [-0.2, 0) is 0 Å². The molecule has 2 aromatic carbocycles. The van der Waals surface area contributed by atoms with Crippen LogP contribution >= 0.6 is 31.9 Å². The summed E-state index contributed by atoms with van der Waals surface area (Å²) in [4.78, 5) is 0. The lowest BCUT2D eigenvalue weighted by molar-refractivity contribution is 0.494. The third-order valence-electron chi connectivity index (χ3n) is 3.20. The van der Waals surface area contributed by atoms with E-state index in [-0.39, 0.29) is 0 Å². The van der Waals surface area contributed by atoms with E-state index in [0.29, 0.717) is 12.1 Å². The molecule has 0 heterocycles. The van der Waals surface area contributed by atoms with Gasteiger partial charge in [-0.15, -0.1) is 0 Å². The molecule has 0 saturated heterocycles. The van der Waals surface area contributed by atoms with Crippen LogP contribution in [0.15, 0.2) is 57.5 Å². The first-order chi connectivity index (χ1) is 9.06. The lowest BCUT2D eigenvalue weighted by atomic mass is 10.0. The van der Waals surface area contributed by atoms with Crippen molar-refractivity contribution < 1.29 is 0 Å². The highest BCUT2D eigenvalue weighted by atomic mass is 79.9. The molecule has 100 valence electrons. The predicted octanol–water partition coefficient (Wildman–Crippen LogP) is 5.62. The molecule has 2 aromatic rings. The van der Waals surface area contributed by atoms with Gasteiger partial charge in [0.2, 0.25) is 0 Å². The fraction of sp³-hybridized carbons (Fsp3) is 0.250. The highest BCUT2D eigenvalue weighted by Crippen LogP contribution is 2.23. The van der Waals surface area contributed by atoms with Crippen molar-refractivity contribution in [2.45, 2.75) is 25.9 Å². The maximum absolute atomic E-state index is 3.63. The molecule has 1 nitrogen and oxygen atoms in total. The minimum atomic E-state index is 0.312. The van der Waals surface area contributed by atoms with Crippen LogP contribution in [0.5, 0.6) is 0 Å². The normalized spacial score (nSPS) is 14.1. The Hall–Kier alpha value is -0.640. The fourth-order valence-electron chi connectivity index (χ4n) is 2.12. The van der Waals surface area contributed by atoms with Gasteiger partial charge in [0.25, 0.3) is 0 Å². The van der Waals surface area contributed by atoms with Gasteiger partial charge in [-0.05, 0) is 49.2 Å². The lowest BCUT2D eigenvalue weighted by Gasteiger charge is -2.21. The van der Waals surface area contributed by atoms with Crippen LogP contribution in [0.4, 0.5) is 0 Å². The molecule has 0 bridgehead atoms. The zero-order chi connectivity index (χ0) is 13.8. The molecule has 1 N–H and O–H groups in total. The minimum Gasteiger partial charge on any atom is -0.304 e. The molecule has 19 heavy (non-hydrogen) atoms. The summed E-state index contributed by atoms with van der Waals surface area (Å²) in [5.41, 5.74) is 2.58. The van der Waals surface area contributed by atoms with Crippen LogP contribution in [0.1, 0.15) is 37.1 Å². The number of halogens is 2. The Labute approximate surface area is 131 Å². The molecule has 0 fully saturated rings. The molecule has 0 aliphatic carbocycles. The van der Waals surface area contributed by atoms with Gasteiger partial charge in [-0.25, -0.2) is 0 Å². The number of hydrogen-bond acceptors (Lipinski definition) is 1. The van der Waals surface area contributed by atoms with Gasteiger partial charge < -0.3 is 5.32 Å². The number of nitrogens with one attached hydrogen (secondary N) is 1. The Morgan fingerprint density at radius 1 is 0.789 bits per heavy atom. The van der Waals surface area contributed by atoms with Crippen molar-refractivity contribution in [3.63, 3.8) is 0 Å². The summed E-state index contributed by atoms with van der Waals surface area (Å²) in [5, 5.41) is 3.63. The monoisotopic (exact) mass is 381 g/mol. The van der Waals surface area contributed by atoms with Crippen LogP contribution in [0, 0.1) is 0 Å². The number of hydrogen-bond donors (Lipinski definition) is 1. The summed E-state index contributed by atoms with van der Waals surface area (Å²) in [6.45, 7) is 4.38. The summed E-state index contributed by atoms with van der Waals surface area (Å²) in [6.07, 6.45) is 0. The van der Waals surface area contributed by atoms with Crippen molar-refractivity contribution >= 4 is 31.9 Å². The topological polar surface area (TPSA) is 12.0 Å². The average molecular weight is 383 g/mol. The maximum atomic E-state index is 3.63. The van der Waals surface area contributed by atoms with Gasteiger partial charge in [0.05, 0.1) is 0 Å². The van der Waals surface area contributed by atoms with Crippen LogP contribution in [0.25, 0.3) is 0 Å². The molecule has 0 radical (unpaired) electrons. The van der Waals surface area contributed by atoms with E-state index in [9.17, 15) is 0 Å². The quantitative estimate of drug-likeness (QED) is 0.723. The third-order valence-corrected chi connectivity index (χ3v) is 4.18. The van der Waals surface area contributed by atoms with Crippen LogP contribution in [-0.4, -0.2) is 0 Å². The van der Waals surface area contributed by atoms with Crippen molar-refractivity contribution in [2.75, 3.05) is 0 Å². The van der Waals surface area contributed by atoms with E-state index in [4.69, 9.17) is 0 Å². The Morgan fingerprint density at radius 2 is 1.21 bits per heavy atom. The highest BCUT2D eigenvalue weighted by molar-refractivity contribution is 9.10. The zero-order valence-corrected chi connectivity index (χ0v) is 14.2. The average Bonchev–Trinajstić information content (AvgIpc) is 2.38. The van der Waals surface area contributed by atoms with Gasteiger partial charge in [0, 0.05) is 21.0 Å². The van der Waals surface area contributed by atoms with Gasteiger partial charge >= 0.3 is 0 Å². The standard InChI is InChI=1S/C16H17Br2N/c1-11(13-5-3-7-15(17)9-13)19-12(2)14-6-4-8-16(18)10-14/h3-12,19H,1-2H3/t11-,12?/m1/s1. The minimum absolute atomic E-state index is 0.312. The maximum Gasteiger partial charge on any atom is 0.0297 e. The van der Waals surface area contributed by atoms with Gasteiger partial charge in [-0.3, -0.25) is 0 Å². The van der Waals surface area contributed by atoms with Gasteiger partial charge in [0.15, 0.2) is 0 Å². The molecule has 0 spiro atoms. The van der Waals surface area contributed by atoms with Crippen molar-refractivity contribution in [1.82, 2.24) is 5.32 Å². The molecule has 0 aliphatic heterocycles. The smallest absolute Gasteiger partial charge is 0.0297 e. The highest BCUT2D eigenvalue weighted by Gasteiger charge is 2.11. The van der Waals surface area contributed by atoms with Crippen LogP contribution in [0.2, 0.25) is 0 Å². The molecule has 0 saturated carbocycles. The summed E-state index contributed by atoms with van der Waals surface area (Å²) in [5.74, 6) is 0. The number of benzene rings is 2. The Kier molecular flexibility index (Phi) is 5.20. The van der Waals surface area contributed by atoms with Crippen molar-refractivity contribution in [1.29, 1.82) is 0 Å². The molecule has 2 atom stereocenters. The fourth-order valence-corrected chi connectivity index (χ4v) is 2.95. The van der Waals surface area contributed by atoms with Crippen molar-refractivity contribution in [3.8, 4) is 0 Å². The van der Waals surface area contributed by atoms with E-state index in [2.05, 4.69) is 87.4 Å². The van der Waals surface area contributed by atoms with E-state index in [0.717, 1.165) is 8.95 Å². The summed E-state index contributed by atoms with van der Waals surface area (Å²) in [7, 11) is 0. The first-order valence-electron chi connectivity index (χ1n) is 6.33. The van der Waals surface area contributed by atoms with Crippen LogP contribution in [0.3, 0.4) is 0 Å². The first-order valence-corrected chi connectivity index (χ1v) is 7.92. The van der Waals surface area contributed by atoms with E-state index < -0.39 is 0 Å². The predicted molar refractivity (Wildman–Crippen MR) is 88.2 cm³/mol. The van der Waals surface area contributed by atoms with Gasteiger partial charge in [-0.2, -0.15) is 0 Å². The summed E-state index contributed by atoms with van der Waals surface area (Å²) < 4.78 is 2.24. The Balaban J connectivity index is 2.08. The second kappa shape index (κ2) is 6.69. The van der Waals surface area contributed by atoms with Crippen LogP contribution < -0.4 is 5.32 Å². The third kappa shape index (κ3) is 4.16. The molecular formula is C16H17Br2N.